The van der Waals surface area contributed by atoms with E-state index in [1.54, 1.807) is 30.3 Å². The maximum Gasteiger partial charge on any atom is 0.257 e. The van der Waals surface area contributed by atoms with Gasteiger partial charge in [-0.3, -0.25) is 10.1 Å². The van der Waals surface area contributed by atoms with Gasteiger partial charge in [-0.25, -0.2) is 0 Å². The second kappa shape index (κ2) is 7.95. The Morgan fingerprint density at radius 2 is 1.82 bits per heavy atom. The third kappa shape index (κ3) is 4.71. The van der Waals surface area contributed by atoms with Crippen LogP contribution in [-0.4, -0.2) is 17.6 Å². The topological polar surface area (TPSA) is 50.4 Å². The third-order valence-electron chi connectivity index (χ3n) is 2.74. The number of nitrogens with one attached hydrogen (secondary N) is 2. The lowest BCUT2D eigenvalue weighted by molar-refractivity contribution is 0.0977. The van der Waals surface area contributed by atoms with Crippen molar-refractivity contribution < 1.29 is 9.53 Å². The summed E-state index contributed by atoms with van der Waals surface area (Å²) in [5, 5.41) is 5.82. The highest BCUT2D eigenvalue weighted by molar-refractivity contribution is 7.80. The smallest absolute Gasteiger partial charge is 0.257 e. The van der Waals surface area contributed by atoms with E-state index in [4.69, 9.17) is 17.0 Å². The summed E-state index contributed by atoms with van der Waals surface area (Å²) in [5.74, 6) is 0.494. The fourth-order valence-corrected chi connectivity index (χ4v) is 1.93. The number of amides is 1. The molecule has 0 bridgehead atoms. The average Bonchev–Trinajstić information content (AvgIpc) is 2.55. The van der Waals surface area contributed by atoms with E-state index >= 15 is 0 Å². The van der Waals surface area contributed by atoms with Crippen LogP contribution in [-0.2, 0) is 0 Å². The predicted molar refractivity (Wildman–Crippen MR) is 92.3 cm³/mol. The molecule has 2 aromatic carbocycles. The molecule has 2 rings (SSSR count). The van der Waals surface area contributed by atoms with Gasteiger partial charge in [0.1, 0.15) is 12.4 Å². The number of carbonyl (C=O) groups is 1. The zero-order valence-corrected chi connectivity index (χ0v) is 12.7. The minimum atomic E-state index is -0.246. The first-order chi connectivity index (χ1) is 10.7. The van der Waals surface area contributed by atoms with Crippen molar-refractivity contribution >= 4 is 28.9 Å². The first-order valence-electron chi connectivity index (χ1n) is 6.70. The summed E-state index contributed by atoms with van der Waals surface area (Å²) in [6, 6.07) is 16.2. The molecule has 112 valence electrons. The molecule has 0 radical (unpaired) electrons. The number of carbonyl (C=O) groups excluding carboxylic acids is 1. The van der Waals surface area contributed by atoms with Crippen molar-refractivity contribution in [1.29, 1.82) is 0 Å². The highest BCUT2D eigenvalue weighted by Crippen LogP contribution is 2.15. The number of hydrogen-bond donors (Lipinski definition) is 2. The highest BCUT2D eigenvalue weighted by Gasteiger charge is 2.07. The van der Waals surface area contributed by atoms with Crippen molar-refractivity contribution in [3.8, 4) is 5.75 Å². The van der Waals surface area contributed by atoms with E-state index in [-0.39, 0.29) is 11.0 Å². The fourth-order valence-electron chi connectivity index (χ4n) is 1.72. The molecule has 0 aliphatic rings. The molecule has 0 heterocycles. The lowest BCUT2D eigenvalue weighted by atomic mass is 10.2. The summed E-state index contributed by atoms with van der Waals surface area (Å²) in [6.45, 7) is 4.05. The van der Waals surface area contributed by atoms with Gasteiger partial charge in [-0.05, 0) is 48.6 Å². The van der Waals surface area contributed by atoms with Crippen LogP contribution in [0.5, 0.6) is 5.75 Å². The third-order valence-corrected chi connectivity index (χ3v) is 2.95. The van der Waals surface area contributed by atoms with Crippen molar-refractivity contribution in [3.63, 3.8) is 0 Å². The molecular formula is C17H16N2O2S. The van der Waals surface area contributed by atoms with Gasteiger partial charge in [0, 0.05) is 11.3 Å². The molecule has 0 fully saturated rings. The SMILES string of the molecule is C=CCOc1ccc(NC(=S)NC(=O)c2ccccc2)cc1. The molecule has 22 heavy (non-hydrogen) atoms. The molecular weight excluding hydrogens is 296 g/mol. The number of hydrogen-bond acceptors (Lipinski definition) is 3. The van der Waals surface area contributed by atoms with Gasteiger partial charge in [0.15, 0.2) is 5.11 Å². The Hall–Kier alpha value is -2.66. The summed E-state index contributed by atoms with van der Waals surface area (Å²) in [5.41, 5.74) is 1.32. The van der Waals surface area contributed by atoms with Crippen molar-refractivity contribution in [2.24, 2.45) is 0 Å². The summed E-state index contributed by atoms with van der Waals surface area (Å²) in [7, 11) is 0. The fraction of sp³-hybridized carbons (Fsp3) is 0.0588. The van der Waals surface area contributed by atoms with Gasteiger partial charge in [-0.1, -0.05) is 30.9 Å². The molecule has 0 spiro atoms. The van der Waals surface area contributed by atoms with Gasteiger partial charge in [0.25, 0.3) is 5.91 Å². The van der Waals surface area contributed by atoms with E-state index in [1.807, 2.05) is 30.3 Å². The molecule has 2 aromatic rings. The van der Waals surface area contributed by atoms with E-state index in [9.17, 15) is 4.79 Å². The number of rotatable bonds is 5. The van der Waals surface area contributed by atoms with Gasteiger partial charge in [-0.15, -0.1) is 0 Å². The lowest BCUT2D eigenvalue weighted by Gasteiger charge is -2.10. The lowest BCUT2D eigenvalue weighted by Crippen LogP contribution is -2.34. The van der Waals surface area contributed by atoms with Crippen LogP contribution in [0.25, 0.3) is 0 Å². The summed E-state index contributed by atoms with van der Waals surface area (Å²) < 4.78 is 5.39. The number of ether oxygens (including phenoxy) is 1. The van der Waals surface area contributed by atoms with Crippen molar-refractivity contribution in [2.45, 2.75) is 0 Å². The van der Waals surface area contributed by atoms with E-state index in [0.29, 0.717) is 12.2 Å². The Labute approximate surface area is 134 Å². The number of thiocarbonyl (C=S) groups is 1. The Kier molecular flexibility index (Phi) is 5.68. The average molecular weight is 312 g/mol. The van der Waals surface area contributed by atoms with Crippen LogP contribution in [0.15, 0.2) is 67.3 Å². The maximum atomic E-state index is 11.9. The molecule has 0 aliphatic carbocycles. The zero-order chi connectivity index (χ0) is 15.8. The Morgan fingerprint density at radius 1 is 1.14 bits per heavy atom. The van der Waals surface area contributed by atoms with Gasteiger partial charge >= 0.3 is 0 Å². The Balaban J connectivity index is 1.89. The quantitative estimate of drug-likeness (QED) is 0.656. The predicted octanol–water partition coefficient (Wildman–Crippen LogP) is 3.38. The monoisotopic (exact) mass is 312 g/mol. The van der Waals surface area contributed by atoms with E-state index < -0.39 is 0 Å². The van der Waals surface area contributed by atoms with Gasteiger partial charge < -0.3 is 10.1 Å². The summed E-state index contributed by atoms with van der Waals surface area (Å²) >= 11 is 5.13. The van der Waals surface area contributed by atoms with Crippen molar-refractivity contribution in [2.75, 3.05) is 11.9 Å². The van der Waals surface area contributed by atoms with Crippen LogP contribution in [0.1, 0.15) is 10.4 Å². The molecule has 0 saturated carbocycles. The maximum absolute atomic E-state index is 11.9. The molecule has 0 aliphatic heterocycles. The van der Waals surface area contributed by atoms with Crippen LogP contribution in [0.2, 0.25) is 0 Å². The van der Waals surface area contributed by atoms with E-state index in [0.717, 1.165) is 11.4 Å². The molecule has 5 heteroatoms. The molecule has 0 aromatic heterocycles. The van der Waals surface area contributed by atoms with Crippen LogP contribution >= 0.6 is 12.2 Å². The van der Waals surface area contributed by atoms with Crippen LogP contribution in [0, 0.1) is 0 Å². The van der Waals surface area contributed by atoms with Crippen molar-refractivity contribution in [3.05, 3.63) is 72.8 Å². The van der Waals surface area contributed by atoms with Gasteiger partial charge in [0.05, 0.1) is 0 Å². The minimum absolute atomic E-state index is 0.244. The standard InChI is InChI=1S/C17H16N2O2S/c1-2-12-21-15-10-8-14(9-11-15)18-17(22)19-16(20)13-6-4-3-5-7-13/h2-11H,1,12H2,(H2,18,19,20,22). The zero-order valence-electron chi connectivity index (χ0n) is 11.9. The largest absolute Gasteiger partial charge is 0.490 e. The molecule has 2 N–H and O–H groups in total. The van der Waals surface area contributed by atoms with Crippen molar-refractivity contribution in [1.82, 2.24) is 5.32 Å². The second-order valence-corrected chi connectivity index (χ2v) is 4.81. The molecule has 0 saturated heterocycles. The second-order valence-electron chi connectivity index (χ2n) is 4.40. The van der Waals surface area contributed by atoms with Crippen LogP contribution in [0.3, 0.4) is 0 Å². The summed E-state index contributed by atoms with van der Waals surface area (Å²) in [6.07, 6.45) is 1.68. The minimum Gasteiger partial charge on any atom is -0.490 e. The van der Waals surface area contributed by atoms with Crippen LogP contribution in [0.4, 0.5) is 5.69 Å². The first kappa shape index (κ1) is 15.7. The van der Waals surface area contributed by atoms with E-state index in [1.165, 1.54) is 0 Å². The van der Waals surface area contributed by atoms with E-state index in [2.05, 4.69) is 17.2 Å². The molecule has 0 unspecified atom stereocenters. The summed E-state index contributed by atoms with van der Waals surface area (Å²) in [4.78, 5) is 11.9. The first-order valence-corrected chi connectivity index (χ1v) is 7.11. The normalized spacial score (nSPS) is 9.64. The molecule has 4 nitrogen and oxygen atoms in total. The van der Waals surface area contributed by atoms with Gasteiger partial charge in [-0.2, -0.15) is 0 Å². The Morgan fingerprint density at radius 3 is 2.45 bits per heavy atom. The number of benzene rings is 2. The van der Waals surface area contributed by atoms with Crippen LogP contribution < -0.4 is 15.4 Å². The van der Waals surface area contributed by atoms with Gasteiger partial charge in [0.2, 0.25) is 0 Å². The number of anilines is 1. The molecule has 0 atom stereocenters. The highest BCUT2D eigenvalue weighted by atomic mass is 32.1. The molecule has 1 amide bonds. The Bertz CT molecular complexity index is 654.